The Morgan fingerprint density at radius 3 is 2.25 bits per heavy atom. The largest absolute Gasteiger partial charge is 0.301 e. The van der Waals surface area contributed by atoms with E-state index in [0.717, 1.165) is 11.1 Å². The maximum Gasteiger partial charge on any atom is 0.241 e. The first-order valence-electron chi connectivity index (χ1n) is 6.39. The molecule has 1 aromatic rings. The zero-order valence-corrected chi connectivity index (χ0v) is 13.1. The molecule has 0 amide bonds. The van der Waals surface area contributed by atoms with Gasteiger partial charge in [0.05, 0.1) is 10.4 Å². The first-order valence-corrected chi connectivity index (χ1v) is 7.87. The maximum absolute atomic E-state index is 12.3. The molecule has 0 aliphatic rings. The Morgan fingerprint density at radius 2 is 1.80 bits per heavy atom. The molecule has 0 heterocycles. The molecule has 1 unspecified atom stereocenters. The lowest BCUT2D eigenvalue weighted by molar-refractivity contribution is -0.112. The van der Waals surface area contributed by atoms with Crippen LogP contribution in [-0.2, 0) is 14.8 Å². The molecule has 1 atom stereocenters. The molecule has 4 nitrogen and oxygen atoms in total. The average Bonchev–Trinajstić information content (AvgIpc) is 2.36. The summed E-state index contributed by atoms with van der Waals surface area (Å²) >= 11 is 0. The van der Waals surface area contributed by atoms with Crippen LogP contribution in [0.5, 0.6) is 0 Å². The van der Waals surface area contributed by atoms with E-state index in [4.69, 9.17) is 0 Å². The van der Waals surface area contributed by atoms with Crippen LogP contribution in [0.3, 0.4) is 0 Å². The van der Waals surface area contributed by atoms with Gasteiger partial charge in [-0.2, -0.15) is 4.72 Å². The minimum Gasteiger partial charge on any atom is -0.301 e. The normalized spacial score (nSPS) is 14.4. The fourth-order valence-electron chi connectivity index (χ4n) is 1.61. The monoisotopic (exact) mass is 295 g/mol. The maximum atomic E-state index is 12.3. The summed E-state index contributed by atoms with van der Waals surface area (Å²) < 4.78 is 27.0. The third kappa shape index (κ3) is 4.58. The van der Waals surface area contributed by atoms with E-state index in [1.807, 2.05) is 26.8 Å². The number of allylic oxidation sites excluding steroid dienone is 1. The molecule has 20 heavy (non-hydrogen) atoms. The summed E-state index contributed by atoms with van der Waals surface area (Å²) in [6.45, 7) is 7.26. The second-order valence-corrected chi connectivity index (χ2v) is 7.12. The van der Waals surface area contributed by atoms with Crippen LogP contribution in [-0.4, -0.2) is 20.2 Å². The Labute approximate surface area is 120 Å². The Balaban J connectivity index is 3.01. The van der Waals surface area contributed by atoms with Gasteiger partial charge in [-0.3, -0.25) is 0 Å². The Bertz CT molecular complexity index is 599. The molecule has 5 heteroatoms. The summed E-state index contributed by atoms with van der Waals surface area (Å²) in [5, 5.41) is 0. The molecule has 0 fully saturated rings. The number of carbonyl (C=O) groups is 1. The second kappa shape index (κ2) is 6.33. The van der Waals surface area contributed by atoms with Crippen LogP contribution in [0.15, 0.2) is 40.8 Å². The molecular weight excluding hydrogens is 274 g/mol. The summed E-state index contributed by atoms with van der Waals surface area (Å²) in [6, 6.07) is 6.51. The van der Waals surface area contributed by atoms with E-state index in [2.05, 4.69) is 4.72 Å². The van der Waals surface area contributed by atoms with Gasteiger partial charge >= 0.3 is 0 Å². The Morgan fingerprint density at radius 1 is 1.25 bits per heavy atom. The predicted molar refractivity (Wildman–Crippen MR) is 80.0 cm³/mol. The van der Waals surface area contributed by atoms with Gasteiger partial charge in [-0.1, -0.05) is 29.3 Å². The predicted octanol–water partition coefficient (Wildman–Crippen LogP) is 2.59. The molecule has 0 saturated heterocycles. The van der Waals surface area contributed by atoms with E-state index in [1.165, 1.54) is 12.1 Å². The van der Waals surface area contributed by atoms with Crippen molar-refractivity contribution in [1.82, 2.24) is 4.72 Å². The highest BCUT2D eigenvalue weighted by atomic mass is 32.2. The number of benzene rings is 1. The highest BCUT2D eigenvalue weighted by molar-refractivity contribution is 7.89. The molecule has 0 aromatic heterocycles. The van der Waals surface area contributed by atoms with Crippen LogP contribution in [0.1, 0.15) is 32.8 Å². The van der Waals surface area contributed by atoms with Gasteiger partial charge < -0.3 is 4.79 Å². The van der Waals surface area contributed by atoms with Crippen molar-refractivity contribution in [3.05, 3.63) is 41.5 Å². The smallest absolute Gasteiger partial charge is 0.241 e. The van der Waals surface area contributed by atoms with E-state index >= 15 is 0 Å². The van der Waals surface area contributed by atoms with Gasteiger partial charge in [-0.05, 0) is 46.2 Å². The number of sulfonamides is 1. The van der Waals surface area contributed by atoms with Crippen molar-refractivity contribution in [2.75, 3.05) is 0 Å². The first-order chi connectivity index (χ1) is 9.18. The summed E-state index contributed by atoms with van der Waals surface area (Å²) in [4.78, 5) is 11.4. The minimum absolute atomic E-state index is 0.161. The van der Waals surface area contributed by atoms with Crippen LogP contribution >= 0.6 is 0 Å². The SMILES string of the molecule is CC(C)=CCC(C)(C=O)NS(=O)(=O)c1ccc(C)cc1. The van der Waals surface area contributed by atoms with Gasteiger partial charge in [0.1, 0.15) is 6.29 Å². The van der Waals surface area contributed by atoms with Gasteiger partial charge in [-0.15, -0.1) is 0 Å². The number of hydrogen-bond acceptors (Lipinski definition) is 3. The van der Waals surface area contributed by atoms with E-state index in [-0.39, 0.29) is 4.90 Å². The van der Waals surface area contributed by atoms with Gasteiger partial charge in [0.2, 0.25) is 10.0 Å². The summed E-state index contributed by atoms with van der Waals surface area (Å²) in [7, 11) is -3.71. The van der Waals surface area contributed by atoms with Crippen molar-refractivity contribution in [3.63, 3.8) is 0 Å². The average molecular weight is 295 g/mol. The lowest BCUT2D eigenvalue weighted by Crippen LogP contribution is -2.46. The zero-order valence-electron chi connectivity index (χ0n) is 12.3. The minimum atomic E-state index is -3.71. The third-order valence-corrected chi connectivity index (χ3v) is 4.52. The van der Waals surface area contributed by atoms with Gasteiger partial charge in [0.15, 0.2) is 0 Å². The van der Waals surface area contributed by atoms with Crippen molar-refractivity contribution < 1.29 is 13.2 Å². The van der Waals surface area contributed by atoms with Crippen LogP contribution < -0.4 is 4.72 Å². The van der Waals surface area contributed by atoms with Gasteiger partial charge in [-0.25, -0.2) is 8.42 Å². The topological polar surface area (TPSA) is 63.2 Å². The molecule has 0 bridgehead atoms. The van der Waals surface area contributed by atoms with Gasteiger partial charge in [0.25, 0.3) is 0 Å². The van der Waals surface area contributed by atoms with Crippen molar-refractivity contribution in [3.8, 4) is 0 Å². The lowest BCUT2D eigenvalue weighted by atomic mass is 10.0. The fourth-order valence-corrected chi connectivity index (χ4v) is 2.97. The molecule has 0 aliphatic heterocycles. The summed E-state index contributed by atoms with van der Waals surface area (Å²) in [6.07, 6.45) is 2.80. The Kier molecular flexibility index (Phi) is 5.25. The fraction of sp³-hybridized carbons (Fsp3) is 0.400. The van der Waals surface area contributed by atoms with Crippen LogP contribution in [0, 0.1) is 6.92 Å². The highest BCUT2D eigenvalue weighted by Gasteiger charge is 2.29. The molecule has 0 radical (unpaired) electrons. The van der Waals surface area contributed by atoms with Crippen LogP contribution in [0.25, 0.3) is 0 Å². The molecule has 110 valence electrons. The number of aldehydes is 1. The number of rotatable bonds is 6. The number of aryl methyl sites for hydroxylation is 1. The second-order valence-electron chi connectivity index (χ2n) is 5.44. The summed E-state index contributed by atoms with van der Waals surface area (Å²) in [5.41, 5.74) is 0.875. The molecular formula is C15H21NO3S. The first kappa shape index (κ1) is 16.6. The van der Waals surface area contributed by atoms with Crippen molar-refractivity contribution in [2.45, 2.75) is 44.6 Å². The number of nitrogens with one attached hydrogen (secondary N) is 1. The van der Waals surface area contributed by atoms with E-state index in [9.17, 15) is 13.2 Å². The Hall–Kier alpha value is -1.46. The number of carbonyl (C=O) groups excluding carboxylic acids is 1. The highest BCUT2D eigenvalue weighted by Crippen LogP contribution is 2.16. The van der Waals surface area contributed by atoms with E-state index in [0.29, 0.717) is 12.7 Å². The van der Waals surface area contributed by atoms with E-state index in [1.54, 1.807) is 19.1 Å². The zero-order chi connectivity index (χ0) is 15.4. The van der Waals surface area contributed by atoms with Crippen molar-refractivity contribution >= 4 is 16.3 Å². The third-order valence-electron chi connectivity index (χ3n) is 2.89. The molecule has 0 spiro atoms. The quantitative estimate of drug-likeness (QED) is 0.648. The van der Waals surface area contributed by atoms with Crippen LogP contribution in [0.2, 0.25) is 0 Å². The van der Waals surface area contributed by atoms with E-state index < -0.39 is 15.6 Å². The molecule has 0 saturated carbocycles. The van der Waals surface area contributed by atoms with Crippen LogP contribution in [0.4, 0.5) is 0 Å². The molecule has 0 aliphatic carbocycles. The van der Waals surface area contributed by atoms with Crippen molar-refractivity contribution in [1.29, 1.82) is 0 Å². The van der Waals surface area contributed by atoms with Crippen molar-refractivity contribution in [2.24, 2.45) is 0 Å². The summed E-state index contributed by atoms with van der Waals surface area (Å²) in [5.74, 6) is 0. The lowest BCUT2D eigenvalue weighted by Gasteiger charge is -2.23. The standard InChI is InChI=1S/C15H21NO3S/c1-12(2)9-10-15(4,11-17)16-20(18,19)14-7-5-13(3)6-8-14/h5-9,11,16H,10H2,1-4H3. The molecule has 1 aromatic carbocycles. The molecule has 1 N–H and O–H groups in total. The number of hydrogen-bond donors (Lipinski definition) is 1. The molecule has 1 rings (SSSR count). The van der Waals surface area contributed by atoms with Gasteiger partial charge in [0, 0.05) is 0 Å².